The van der Waals surface area contributed by atoms with Gasteiger partial charge >= 0.3 is 11.9 Å². The number of rotatable bonds is 14. The largest absolute Gasteiger partial charge is 0.477 e. The van der Waals surface area contributed by atoms with Gasteiger partial charge < -0.3 is 15.1 Å². The van der Waals surface area contributed by atoms with Gasteiger partial charge in [0.25, 0.3) is 5.91 Å². The number of unbranched alkanes of at least 4 members (excludes halogenated alkanes) is 2. The highest BCUT2D eigenvalue weighted by atomic mass is 32.1. The minimum Gasteiger partial charge on any atom is -0.477 e. The Hall–Kier alpha value is -2.58. The molecule has 3 unspecified atom stereocenters. The summed E-state index contributed by atoms with van der Waals surface area (Å²) < 4.78 is 28.3. The number of aliphatic hydroxyl groups is 1. The van der Waals surface area contributed by atoms with E-state index in [9.17, 15) is 23.5 Å². The third kappa shape index (κ3) is 7.96. The van der Waals surface area contributed by atoms with E-state index in [0.717, 1.165) is 48.3 Å². The van der Waals surface area contributed by atoms with Crippen LogP contribution in [0.4, 0.5) is 8.78 Å². The van der Waals surface area contributed by atoms with Crippen molar-refractivity contribution in [3.05, 3.63) is 69.9 Å². The molecule has 2 aromatic rings. The number of halogens is 2. The Labute approximate surface area is 215 Å². The number of amides is 1. The average molecular weight is 520 g/mol. The normalized spacial score (nSPS) is 19.2. The smallest absolute Gasteiger partial charge is 0.345 e. The molecule has 36 heavy (non-hydrogen) atoms. The van der Waals surface area contributed by atoms with Crippen LogP contribution in [-0.2, 0) is 17.6 Å². The number of carboxylic acid groups (broad SMARTS) is 1. The van der Waals surface area contributed by atoms with Gasteiger partial charge in [-0.05, 0) is 55.7 Å². The van der Waals surface area contributed by atoms with E-state index in [2.05, 4.69) is 12.1 Å². The third-order valence-corrected chi connectivity index (χ3v) is 7.85. The first-order valence-corrected chi connectivity index (χ1v) is 13.4. The van der Waals surface area contributed by atoms with E-state index in [4.69, 9.17) is 5.11 Å². The number of carboxylic acids is 1. The topological polar surface area (TPSA) is 77.8 Å². The van der Waals surface area contributed by atoms with Gasteiger partial charge in [0.2, 0.25) is 0 Å². The fraction of sp³-hybridized carbons (Fsp3) is 0.500. The maximum Gasteiger partial charge on any atom is 0.345 e. The molecule has 1 aromatic carbocycles. The molecule has 2 N–H and O–H groups in total. The quantitative estimate of drug-likeness (QED) is 0.238. The highest BCUT2D eigenvalue weighted by Gasteiger charge is 2.52. The SMILES string of the molecule is CC(CCCCCc1ccccc1)C(O)C=CC1CC(F)(F)C(=O)N1CCCc1ccc(C(=O)O)s1. The first-order valence-electron chi connectivity index (χ1n) is 12.6. The number of likely N-dealkylation sites (tertiary alicyclic amines) is 1. The van der Waals surface area contributed by atoms with E-state index < -0.39 is 36.4 Å². The van der Waals surface area contributed by atoms with Crippen LogP contribution in [0, 0.1) is 5.92 Å². The Bertz CT molecular complexity index is 1020. The summed E-state index contributed by atoms with van der Waals surface area (Å²) in [6.07, 6.45) is 7.70. The summed E-state index contributed by atoms with van der Waals surface area (Å²) in [6, 6.07) is 12.8. The number of carbonyl (C=O) groups excluding carboxylic acids is 1. The zero-order valence-corrected chi connectivity index (χ0v) is 21.4. The summed E-state index contributed by atoms with van der Waals surface area (Å²) >= 11 is 1.15. The fourth-order valence-corrected chi connectivity index (χ4v) is 5.42. The molecule has 1 aliphatic heterocycles. The summed E-state index contributed by atoms with van der Waals surface area (Å²) in [4.78, 5) is 25.5. The number of alkyl halides is 2. The average Bonchev–Trinajstić information content (AvgIpc) is 3.41. The van der Waals surface area contributed by atoms with Gasteiger partial charge in [-0.3, -0.25) is 4.79 Å². The summed E-state index contributed by atoms with van der Waals surface area (Å²) in [5, 5.41) is 19.6. The van der Waals surface area contributed by atoms with Crippen LogP contribution in [0.2, 0.25) is 0 Å². The predicted octanol–water partition coefficient (Wildman–Crippen LogP) is 5.97. The summed E-state index contributed by atoms with van der Waals surface area (Å²) in [5.41, 5.74) is 1.32. The van der Waals surface area contributed by atoms with E-state index in [0.29, 0.717) is 12.8 Å². The second-order valence-electron chi connectivity index (χ2n) is 9.59. The molecule has 1 fully saturated rings. The summed E-state index contributed by atoms with van der Waals surface area (Å²) in [5.74, 6) is -5.60. The molecule has 0 saturated carbocycles. The predicted molar refractivity (Wildman–Crippen MR) is 138 cm³/mol. The zero-order chi connectivity index (χ0) is 26.1. The Morgan fingerprint density at radius 2 is 1.89 bits per heavy atom. The van der Waals surface area contributed by atoms with Crippen LogP contribution in [0.5, 0.6) is 0 Å². The van der Waals surface area contributed by atoms with Gasteiger partial charge in [0.05, 0.1) is 12.1 Å². The Morgan fingerprint density at radius 3 is 2.58 bits per heavy atom. The minimum absolute atomic E-state index is 0.00806. The lowest BCUT2D eigenvalue weighted by atomic mass is 9.95. The highest BCUT2D eigenvalue weighted by molar-refractivity contribution is 7.13. The molecule has 0 aliphatic carbocycles. The molecule has 3 atom stereocenters. The highest BCUT2D eigenvalue weighted by Crippen LogP contribution is 2.34. The number of aryl methyl sites for hydroxylation is 2. The standard InChI is InChI=1S/C28H35F2NO4S/c1-20(9-4-2-5-10-21-11-6-3-7-12-21)24(32)16-14-22-19-28(29,30)27(35)31(22)18-8-13-23-15-17-25(36-23)26(33)34/h3,6-7,11-12,14-17,20,22,24,32H,2,4-5,8-10,13,18-19H2,1H3,(H,33,34). The van der Waals surface area contributed by atoms with Gasteiger partial charge in [-0.15, -0.1) is 11.3 Å². The fourth-order valence-electron chi connectivity index (χ4n) is 4.53. The molecule has 5 nitrogen and oxygen atoms in total. The second-order valence-corrected chi connectivity index (χ2v) is 10.8. The molecule has 8 heteroatoms. The van der Waals surface area contributed by atoms with E-state index in [1.54, 1.807) is 18.2 Å². The van der Waals surface area contributed by atoms with Crippen molar-refractivity contribution in [3.63, 3.8) is 0 Å². The van der Waals surface area contributed by atoms with E-state index in [-0.39, 0.29) is 17.3 Å². The number of benzene rings is 1. The molecule has 1 aromatic heterocycles. The van der Waals surface area contributed by atoms with Crippen LogP contribution in [0.1, 0.15) is 65.6 Å². The minimum atomic E-state index is -3.41. The number of carbonyl (C=O) groups is 2. The lowest BCUT2D eigenvalue weighted by Gasteiger charge is -2.22. The monoisotopic (exact) mass is 519 g/mol. The molecule has 1 saturated heterocycles. The second kappa shape index (κ2) is 13.1. The van der Waals surface area contributed by atoms with Crippen molar-refractivity contribution in [2.75, 3.05) is 6.54 Å². The molecule has 0 radical (unpaired) electrons. The van der Waals surface area contributed by atoms with Crippen LogP contribution in [0.3, 0.4) is 0 Å². The lowest BCUT2D eigenvalue weighted by Crippen LogP contribution is -2.36. The van der Waals surface area contributed by atoms with Crippen molar-refractivity contribution in [1.82, 2.24) is 4.90 Å². The molecule has 3 rings (SSSR count). The van der Waals surface area contributed by atoms with E-state index in [1.807, 2.05) is 25.1 Å². The van der Waals surface area contributed by atoms with Crippen LogP contribution in [-0.4, -0.2) is 51.6 Å². The van der Waals surface area contributed by atoms with Crippen molar-refractivity contribution in [2.45, 2.75) is 76.4 Å². The summed E-state index contributed by atoms with van der Waals surface area (Å²) in [7, 11) is 0. The van der Waals surface area contributed by atoms with Gasteiger partial charge in [0.15, 0.2) is 0 Å². The van der Waals surface area contributed by atoms with Crippen molar-refractivity contribution in [2.24, 2.45) is 5.92 Å². The number of thiophene rings is 1. The van der Waals surface area contributed by atoms with Crippen LogP contribution < -0.4 is 0 Å². The maximum atomic E-state index is 14.2. The molecule has 2 heterocycles. The van der Waals surface area contributed by atoms with Crippen LogP contribution in [0.25, 0.3) is 0 Å². The van der Waals surface area contributed by atoms with E-state index in [1.165, 1.54) is 16.5 Å². The van der Waals surface area contributed by atoms with Gasteiger partial charge in [-0.2, -0.15) is 8.78 Å². The van der Waals surface area contributed by atoms with Crippen molar-refractivity contribution < 1.29 is 28.6 Å². The molecular weight excluding hydrogens is 484 g/mol. The zero-order valence-electron chi connectivity index (χ0n) is 20.6. The first-order chi connectivity index (χ1) is 17.2. The number of nitrogens with zero attached hydrogens (tertiary/aromatic N) is 1. The van der Waals surface area contributed by atoms with Gasteiger partial charge in [-0.25, -0.2) is 4.79 Å². The van der Waals surface area contributed by atoms with Crippen LogP contribution in [0.15, 0.2) is 54.6 Å². The number of aromatic carboxylic acids is 1. The molecule has 0 spiro atoms. The number of hydrogen-bond donors (Lipinski definition) is 2. The number of hydrogen-bond acceptors (Lipinski definition) is 4. The lowest BCUT2D eigenvalue weighted by molar-refractivity contribution is -0.148. The Balaban J connectivity index is 1.44. The maximum absolute atomic E-state index is 14.2. The molecule has 1 amide bonds. The van der Waals surface area contributed by atoms with Crippen molar-refractivity contribution >= 4 is 23.2 Å². The summed E-state index contributed by atoms with van der Waals surface area (Å²) in [6.45, 7) is 2.10. The number of aliphatic hydroxyl groups excluding tert-OH is 1. The molecular formula is C28H35F2NO4S. The van der Waals surface area contributed by atoms with Gasteiger partial charge in [-0.1, -0.05) is 62.2 Å². The van der Waals surface area contributed by atoms with E-state index >= 15 is 0 Å². The van der Waals surface area contributed by atoms with Crippen molar-refractivity contribution in [1.29, 1.82) is 0 Å². The first kappa shape index (κ1) is 28.0. The van der Waals surface area contributed by atoms with Crippen molar-refractivity contribution in [3.8, 4) is 0 Å². The Kier molecular flexibility index (Phi) is 10.2. The van der Waals surface area contributed by atoms with Gasteiger partial charge in [0.1, 0.15) is 4.88 Å². The Morgan fingerprint density at radius 1 is 1.14 bits per heavy atom. The third-order valence-electron chi connectivity index (χ3n) is 6.72. The molecule has 0 bridgehead atoms. The molecule has 1 aliphatic rings. The van der Waals surface area contributed by atoms with Crippen LogP contribution >= 0.6 is 11.3 Å². The molecule has 196 valence electrons. The van der Waals surface area contributed by atoms with Gasteiger partial charge in [0, 0.05) is 17.8 Å².